The number of para-hydroxylation sites is 1. The number of rotatable bonds is 9. The molecule has 4 aromatic rings. The third-order valence-electron chi connectivity index (χ3n) is 5.17. The number of methoxy groups -OCH3 is 1. The van der Waals surface area contributed by atoms with Gasteiger partial charge in [-0.15, -0.1) is 5.10 Å². The van der Waals surface area contributed by atoms with Crippen LogP contribution in [0.5, 0.6) is 5.75 Å². The molecule has 0 saturated carbocycles. The van der Waals surface area contributed by atoms with Crippen molar-refractivity contribution < 1.29 is 23.8 Å². The Morgan fingerprint density at radius 1 is 0.914 bits per heavy atom. The lowest BCUT2D eigenvalue weighted by molar-refractivity contribution is 0.0467. The molecule has 10 heteroatoms. The van der Waals surface area contributed by atoms with Gasteiger partial charge in [-0.2, -0.15) is 5.10 Å². The van der Waals surface area contributed by atoms with Crippen molar-refractivity contribution in [3.63, 3.8) is 0 Å². The molecule has 2 aromatic heterocycles. The van der Waals surface area contributed by atoms with Crippen LogP contribution in [0.15, 0.2) is 60.8 Å². The van der Waals surface area contributed by atoms with Gasteiger partial charge in [-0.05, 0) is 50.2 Å². The minimum absolute atomic E-state index is 0.0709. The third-order valence-corrected chi connectivity index (χ3v) is 5.17. The summed E-state index contributed by atoms with van der Waals surface area (Å²) in [5.41, 5.74) is 2.89. The SMILES string of the molecule is CCOC(=O)c1nnn(Cc2cn(-c3ccccc3)nc2-c2ccc(OC)cc2)c1C(=O)OCC. The van der Waals surface area contributed by atoms with Gasteiger partial charge in [0, 0.05) is 17.3 Å². The molecule has 2 heterocycles. The Morgan fingerprint density at radius 2 is 1.60 bits per heavy atom. The van der Waals surface area contributed by atoms with Gasteiger partial charge in [0.15, 0.2) is 5.69 Å². The molecule has 180 valence electrons. The highest BCUT2D eigenvalue weighted by Gasteiger charge is 2.28. The van der Waals surface area contributed by atoms with Crippen molar-refractivity contribution in [1.29, 1.82) is 0 Å². The number of esters is 2. The Bertz CT molecular complexity index is 1310. The molecule has 35 heavy (non-hydrogen) atoms. The van der Waals surface area contributed by atoms with Crippen molar-refractivity contribution in [2.45, 2.75) is 20.4 Å². The highest BCUT2D eigenvalue weighted by molar-refractivity contribution is 6.00. The number of hydrogen-bond acceptors (Lipinski definition) is 8. The largest absolute Gasteiger partial charge is 0.497 e. The fraction of sp³-hybridized carbons (Fsp3) is 0.240. The molecule has 4 rings (SSSR count). The van der Waals surface area contributed by atoms with E-state index < -0.39 is 11.9 Å². The number of ether oxygens (including phenoxy) is 3. The molecule has 0 radical (unpaired) electrons. The summed E-state index contributed by atoms with van der Waals surface area (Å²) in [5, 5.41) is 12.8. The Morgan fingerprint density at radius 3 is 2.26 bits per heavy atom. The van der Waals surface area contributed by atoms with Gasteiger partial charge in [0.05, 0.1) is 38.2 Å². The average Bonchev–Trinajstić information content (AvgIpc) is 3.50. The van der Waals surface area contributed by atoms with Crippen molar-refractivity contribution in [2.75, 3.05) is 20.3 Å². The van der Waals surface area contributed by atoms with Gasteiger partial charge >= 0.3 is 11.9 Å². The first kappa shape index (κ1) is 23.7. The molecule has 0 spiro atoms. The molecular formula is C25H25N5O5. The number of aromatic nitrogens is 5. The lowest BCUT2D eigenvalue weighted by Crippen LogP contribution is -2.18. The zero-order valence-corrected chi connectivity index (χ0v) is 19.7. The van der Waals surface area contributed by atoms with Crippen LogP contribution in [0.2, 0.25) is 0 Å². The summed E-state index contributed by atoms with van der Waals surface area (Å²) in [6.45, 7) is 3.75. The van der Waals surface area contributed by atoms with Crippen LogP contribution < -0.4 is 4.74 Å². The van der Waals surface area contributed by atoms with E-state index in [1.807, 2.05) is 60.8 Å². The highest BCUT2D eigenvalue weighted by atomic mass is 16.5. The summed E-state index contributed by atoms with van der Waals surface area (Å²) in [6, 6.07) is 17.1. The van der Waals surface area contributed by atoms with Crippen LogP contribution in [0, 0.1) is 0 Å². The molecule has 0 bridgehead atoms. The number of benzene rings is 2. The number of carbonyl (C=O) groups excluding carboxylic acids is 2. The molecule has 0 unspecified atom stereocenters. The van der Waals surface area contributed by atoms with Gasteiger partial charge < -0.3 is 14.2 Å². The van der Waals surface area contributed by atoms with E-state index in [0.717, 1.165) is 22.6 Å². The number of nitrogens with zero attached hydrogens (tertiary/aromatic N) is 5. The van der Waals surface area contributed by atoms with E-state index in [0.29, 0.717) is 5.69 Å². The second-order valence-corrected chi connectivity index (χ2v) is 7.40. The van der Waals surface area contributed by atoms with Crippen LogP contribution >= 0.6 is 0 Å². The standard InChI is InChI=1S/C25H25N5O5/c1-4-34-24(31)22-23(25(32)35-5-2)30(28-26-22)16-18-15-29(19-9-7-6-8-10-19)27-21(18)17-11-13-20(33-3)14-12-17/h6-15H,4-5,16H2,1-3H3. The summed E-state index contributed by atoms with van der Waals surface area (Å²) in [6.07, 6.45) is 1.86. The molecule has 0 amide bonds. The van der Waals surface area contributed by atoms with Crippen molar-refractivity contribution >= 4 is 11.9 Å². The first-order valence-corrected chi connectivity index (χ1v) is 11.1. The molecule has 0 aliphatic carbocycles. The Labute approximate surface area is 202 Å². The topological polar surface area (TPSA) is 110 Å². The Balaban J connectivity index is 1.80. The van der Waals surface area contributed by atoms with Crippen LogP contribution in [0.1, 0.15) is 40.4 Å². The summed E-state index contributed by atoms with van der Waals surface area (Å²) >= 11 is 0. The summed E-state index contributed by atoms with van der Waals surface area (Å²) in [4.78, 5) is 25.1. The number of carbonyl (C=O) groups is 2. The van der Waals surface area contributed by atoms with E-state index >= 15 is 0 Å². The maximum Gasteiger partial charge on any atom is 0.361 e. The molecular weight excluding hydrogens is 450 g/mol. The summed E-state index contributed by atoms with van der Waals surface area (Å²) < 4.78 is 18.6. The molecule has 0 atom stereocenters. The van der Waals surface area contributed by atoms with E-state index in [2.05, 4.69) is 10.3 Å². The van der Waals surface area contributed by atoms with Gasteiger partial charge in [-0.1, -0.05) is 23.4 Å². The molecule has 0 aliphatic rings. The lowest BCUT2D eigenvalue weighted by Gasteiger charge is -2.08. The summed E-state index contributed by atoms with van der Waals surface area (Å²) in [7, 11) is 1.60. The minimum Gasteiger partial charge on any atom is -0.497 e. The summed E-state index contributed by atoms with van der Waals surface area (Å²) in [5.74, 6) is -0.725. The van der Waals surface area contributed by atoms with E-state index in [1.165, 1.54) is 4.68 Å². The first-order valence-electron chi connectivity index (χ1n) is 11.1. The van der Waals surface area contributed by atoms with Crippen LogP contribution in [-0.2, 0) is 16.0 Å². The van der Waals surface area contributed by atoms with Crippen LogP contribution in [-0.4, -0.2) is 57.0 Å². The average molecular weight is 476 g/mol. The van der Waals surface area contributed by atoms with E-state index in [1.54, 1.807) is 25.6 Å². The molecule has 0 saturated heterocycles. The molecule has 0 aliphatic heterocycles. The maximum atomic E-state index is 12.7. The molecule has 0 fully saturated rings. The van der Waals surface area contributed by atoms with E-state index in [4.69, 9.17) is 19.3 Å². The first-order chi connectivity index (χ1) is 17.0. The predicted molar refractivity (Wildman–Crippen MR) is 127 cm³/mol. The van der Waals surface area contributed by atoms with Crippen molar-refractivity contribution in [1.82, 2.24) is 24.8 Å². The second kappa shape index (κ2) is 10.6. The van der Waals surface area contributed by atoms with E-state index in [-0.39, 0.29) is 31.1 Å². The van der Waals surface area contributed by atoms with Gasteiger partial charge in [0.2, 0.25) is 5.69 Å². The molecule has 2 aromatic carbocycles. The van der Waals surface area contributed by atoms with Gasteiger partial charge in [-0.25, -0.2) is 19.0 Å². The van der Waals surface area contributed by atoms with E-state index in [9.17, 15) is 9.59 Å². The second-order valence-electron chi connectivity index (χ2n) is 7.40. The monoisotopic (exact) mass is 475 g/mol. The van der Waals surface area contributed by atoms with Crippen molar-refractivity contribution in [2.24, 2.45) is 0 Å². The van der Waals surface area contributed by atoms with Crippen molar-refractivity contribution in [3.05, 3.63) is 77.7 Å². The van der Waals surface area contributed by atoms with Gasteiger partial charge in [-0.3, -0.25) is 0 Å². The molecule has 0 N–H and O–H groups in total. The normalized spacial score (nSPS) is 10.7. The predicted octanol–water partition coefficient (Wildman–Crippen LogP) is 3.54. The van der Waals surface area contributed by atoms with Gasteiger partial charge in [0.1, 0.15) is 5.75 Å². The zero-order chi connectivity index (χ0) is 24.8. The third kappa shape index (κ3) is 5.06. The maximum absolute atomic E-state index is 12.7. The smallest absolute Gasteiger partial charge is 0.361 e. The van der Waals surface area contributed by atoms with Gasteiger partial charge in [0.25, 0.3) is 0 Å². The van der Waals surface area contributed by atoms with Crippen LogP contribution in [0.25, 0.3) is 16.9 Å². The lowest BCUT2D eigenvalue weighted by atomic mass is 10.1. The zero-order valence-electron chi connectivity index (χ0n) is 19.7. The van der Waals surface area contributed by atoms with Crippen molar-refractivity contribution in [3.8, 4) is 22.7 Å². The Hall–Kier alpha value is -4.47. The number of hydrogen-bond donors (Lipinski definition) is 0. The fourth-order valence-corrected chi connectivity index (χ4v) is 3.55. The molecule has 10 nitrogen and oxygen atoms in total. The Kier molecular flexibility index (Phi) is 7.20. The quantitative estimate of drug-likeness (QED) is 0.338. The fourth-order valence-electron chi connectivity index (χ4n) is 3.55. The van der Waals surface area contributed by atoms with Crippen LogP contribution in [0.3, 0.4) is 0 Å². The minimum atomic E-state index is -0.739. The van der Waals surface area contributed by atoms with Crippen LogP contribution in [0.4, 0.5) is 0 Å². The highest BCUT2D eigenvalue weighted by Crippen LogP contribution is 2.27.